The van der Waals surface area contributed by atoms with Crippen molar-refractivity contribution < 1.29 is 9.47 Å². The summed E-state index contributed by atoms with van der Waals surface area (Å²) in [5, 5.41) is 7.84. The van der Waals surface area contributed by atoms with Crippen LogP contribution in [0.15, 0.2) is 29.4 Å². The minimum atomic E-state index is 0.0138. The van der Waals surface area contributed by atoms with Gasteiger partial charge in [0, 0.05) is 36.1 Å². The van der Waals surface area contributed by atoms with Crippen molar-refractivity contribution in [3.63, 3.8) is 0 Å². The summed E-state index contributed by atoms with van der Waals surface area (Å²) in [6, 6.07) is 5.81. The molecule has 142 valence electrons. The molecular weight excluding hydrogens is 348 g/mol. The molecule has 0 spiro atoms. The maximum absolute atomic E-state index is 5.49. The van der Waals surface area contributed by atoms with E-state index in [1.165, 1.54) is 4.88 Å². The quantitative estimate of drug-likeness (QED) is 0.546. The molecule has 2 rings (SSSR count). The van der Waals surface area contributed by atoms with E-state index in [-0.39, 0.29) is 6.04 Å². The van der Waals surface area contributed by atoms with E-state index in [1.54, 1.807) is 25.6 Å². The largest absolute Gasteiger partial charge is 0.497 e. The number of hydrogen-bond donors (Lipinski definition) is 2. The zero-order chi connectivity index (χ0) is 18.9. The number of ether oxygens (including phenoxy) is 2. The van der Waals surface area contributed by atoms with Crippen LogP contribution in [0.3, 0.4) is 0 Å². The highest BCUT2D eigenvalue weighted by Crippen LogP contribution is 2.29. The standard InChI is InChI=1S/C19H28N4O2S/c1-6-20-19(21-10-9-18-22-12-13(2)26-18)23-14(3)16-11-15(24-4)7-8-17(16)25-5/h7-8,11-12,14H,6,9-10H2,1-5H3,(H2,20,21,23). The summed E-state index contributed by atoms with van der Waals surface area (Å²) in [6.07, 6.45) is 2.75. The Kier molecular flexibility index (Phi) is 7.72. The molecule has 1 unspecified atom stereocenters. The maximum Gasteiger partial charge on any atom is 0.191 e. The number of nitrogens with one attached hydrogen (secondary N) is 2. The van der Waals surface area contributed by atoms with Gasteiger partial charge in [0.25, 0.3) is 0 Å². The van der Waals surface area contributed by atoms with Gasteiger partial charge in [0.2, 0.25) is 0 Å². The van der Waals surface area contributed by atoms with Gasteiger partial charge in [-0.3, -0.25) is 4.99 Å². The Hall–Kier alpha value is -2.28. The first-order chi connectivity index (χ1) is 12.6. The molecule has 6 nitrogen and oxygen atoms in total. The summed E-state index contributed by atoms with van der Waals surface area (Å²) < 4.78 is 10.8. The monoisotopic (exact) mass is 376 g/mol. The second kappa shape index (κ2) is 10.0. The van der Waals surface area contributed by atoms with Crippen LogP contribution in [0.25, 0.3) is 0 Å². The van der Waals surface area contributed by atoms with E-state index < -0.39 is 0 Å². The Morgan fingerprint density at radius 2 is 2.12 bits per heavy atom. The number of methoxy groups -OCH3 is 2. The van der Waals surface area contributed by atoms with Crippen molar-refractivity contribution in [2.24, 2.45) is 4.99 Å². The molecule has 0 aliphatic carbocycles. The van der Waals surface area contributed by atoms with Gasteiger partial charge in [0.05, 0.1) is 25.3 Å². The van der Waals surface area contributed by atoms with Gasteiger partial charge >= 0.3 is 0 Å². The lowest BCUT2D eigenvalue weighted by Crippen LogP contribution is -2.39. The molecule has 2 N–H and O–H groups in total. The number of benzene rings is 1. The first-order valence-corrected chi connectivity index (χ1v) is 9.57. The first kappa shape index (κ1) is 20.0. The van der Waals surface area contributed by atoms with Crippen molar-refractivity contribution >= 4 is 17.3 Å². The fraction of sp³-hybridized carbons (Fsp3) is 0.474. The predicted molar refractivity (Wildman–Crippen MR) is 108 cm³/mol. The molecule has 0 amide bonds. The van der Waals surface area contributed by atoms with Gasteiger partial charge in [-0.1, -0.05) is 0 Å². The minimum Gasteiger partial charge on any atom is -0.497 e. The van der Waals surface area contributed by atoms with Gasteiger partial charge in [-0.25, -0.2) is 4.98 Å². The molecule has 2 aromatic rings. The number of aryl methyl sites for hydroxylation is 1. The number of nitrogens with zero attached hydrogens (tertiary/aromatic N) is 2. The van der Waals surface area contributed by atoms with Crippen molar-refractivity contribution in [1.29, 1.82) is 0 Å². The smallest absolute Gasteiger partial charge is 0.191 e. The molecule has 0 aliphatic rings. The second-order valence-electron chi connectivity index (χ2n) is 5.85. The van der Waals surface area contributed by atoms with Crippen molar-refractivity contribution in [3.05, 3.63) is 39.8 Å². The van der Waals surface area contributed by atoms with Crippen LogP contribution in [-0.2, 0) is 6.42 Å². The zero-order valence-electron chi connectivity index (χ0n) is 16.1. The van der Waals surface area contributed by atoms with E-state index in [0.29, 0.717) is 6.54 Å². The SMILES string of the molecule is CCNC(=NCCc1ncc(C)s1)NC(C)c1cc(OC)ccc1OC. The van der Waals surface area contributed by atoms with Crippen molar-refractivity contribution in [2.75, 3.05) is 27.3 Å². The number of rotatable bonds is 8. The van der Waals surface area contributed by atoms with E-state index in [1.807, 2.05) is 24.4 Å². The Morgan fingerprint density at radius 3 is 2.73 bits per heavy atom. The molecule has 0 aliphatic heterocycles. The van der Waals surface area contributed by atoms with Crippen LogP contribution in [0.2, 0.25) is 0 Å². The summed E-state index contributed by atoms with van der Waals surface area (Å²) in [5.74, 6) is 2.40. The lowest BCUT2D eigenvalue weighted by Gasteiger charge is -2.20. The third kappa shape index (κ3) is 5.62. The Morgan fingerprint density at radius 1 is 1.31 bits per heavy atom. The van der Waals surface area contributed by atoms with Crippen molar-refractivity contribution in [1.82, 2.24) is 15.6 Å². The number of hydrogen-bond acceptors (Lipinski definition) is 5. The molecule has 0 saturated heterocycles. The average molecular weight is 377 g/mol. The fourth-order valence-electron chi connectivity index (χ4n) is 2.56. The molecule has 1 aromatic heterocycles. The van der Waals surface area contributed by atoms with Crippen molar-refractivity contribution in [3.8, 4) is 11.5 Å². The number of aromatic nitrogens is 1. The van der Waals surface area contributed by atoms with E-state index in [0.717, 1.165) is 41.0 Å². The van der Waals surface area contributed by atoms with Gasteiger partial charge in [0.1, 0.15) is 11.5 Å². The van der Waals surface area contributed by atoms with Gasteiger partial charge in [0.15, 0.2) is 5.96 Å². The number of aliphatic imine (C=N–C) groups is 1. The Labute approximate surface area is 159 Å². The third-order valence-corrected chi connectivity index (χ3v) is 4.84. The Bertz CT molecular complexity index is 730. The summed E-state index contributed by atoms with van der Waals surface area (Å²) in [6.45, 7) is 7.68. The van der Waals surface area contributed by atoms with Crippen LogP contribution in [0, 0.1) is 6.92 Å². The normalized spacial score (nSPS) is 12.6. The Balaban J connectivity index is 2.06. The molecule has 26 heavy (non-hydrogen) atoms. The predicted octanol–water partition coefficient (Wildman–Crippen LogP) is 3.33. The van der Waals surface area contributed by atoms with E-state index in [2.05, 4.69) is 41.4 Å². The molecule has 1 atom stereocenters. The van der Waals surface area contributed by atoms with Crippen LogP contribution < -0.4 is 20.1 Å². The van der Waals surface area contributed by atoms with E-state index >= 15 is 0 Å². The summed E-state index contributed by atoms with van der Waals surface area (Å²) >= 11 is 1.72. The number of thiazole rings is 1. The summed E-state index contributed by atoms with van der Waals surface area (Å²) in [7, 11) is 3.34. The number of guanidine groups is 1. The highest BCUT2D eigenvalue weighted by Gasteiger charge is 2.14. The van der Waals surface area contributed by atoms with E-state index in [9.17, 15) is 0 Å². The van der Waals surface area contributed by atoms with Crippen LogP contribution in [0.4, 0.5) is 0 Å². The van der Waals surface area contributed by atoms with Gasteiger partial charge in [-0.15, -0.1) is 11.3 Å². The average Bonchev–Trinajstić information content (AvgIpc) is 3.06. The summed E-state index contributed by atoms with van der Waals surface area (Å²) in [5.41, 5.74) is 1.02. The minimum absolute atomic E-state index is 0.0138. The lowest BCUT2D eigenvalue weighted by atomic mass is 10.1. The molecule has 7 heteroatoms. The first-order valence-electron chi connectivity index (χ1n) is 8.75. The van der Waals surface area contributed by atoms with Gasteiger partial charge in [-0.05, 0) is 39.0 Å². The molecular formula is C19H28N4O2S. The second-order valence-corrected chi connectivity index (χ2v) is 7.17. The van der Waals surface area contributed by atoms with Gasteiger partial charge < -0.3 is 20.1 Å². The van der Waals surface area contributed by atoms with Crippen LogP contribution in [0.5, 0.6) is 11.5 Å². The highest BCUT2D eigenvalue weighted by molar-refractivity contribution is 7.11. The van der Waals surface area contributed by atoms with Crippen LogP contribution >= 0.6 is 11.3 Å². The molecule has 1 aromatic carbocycles. The van der Waals surface area contributed by atoms with Crippen LogP contribution in [0.1, 0.15) is 35.3 Å². The highest BCUT2D eigenvalue weighted by atomic mass is 32.1. The van der Waals surface area contributed by atoms with E-state index in [4.69, 9.17) is 9.47 Å². The van der Waals surface area contributed by atoms with Crippen molar-refractivity contribution in [2.45, 2.75) is 33.2 Å². The third-order valence-electron chi connectivity index (χ3n) is 3.87. The topological polar surface area (TPSA) is 67.8 Å². The molecule has 0 radical (unpaired) electrons. The fourth-order valence-corrected chi connectivity index (χ4v) is 3.34. The molecule has 1 heterocycles. The molecule has 0 fully saturated rings. The maximum atomic E-state index is 5.49. The zero-order valence-corrected chi connectivity index (χ0v) is 16.9. The lowest BCUT2D eigenvalue weighted by molar-refractivity contribution is 0.394. The molecule has 0 bridgehead atoms. The molecule has 0 saturated carbocycles. The van der Waals surface area contributed by atoms with Gasteiger partial charge in [-0.2, -0.15) is 0 Å². The summed E-state index contributed by atoms with van der Waals surface area (Å²) in [4.78, 5) is 10.3. The van der Waals surface area contributed by atoms with Crippen LogP contribution in [-0.4, -0.2) is 38.3 Å².